The van der Waals surface area contributed by atoms with Crippen LogP contribution in [0.25, 0.3) is 0 Å². The molecular weight excluding hydrogens is 436 g/mol. The number of carbonyl (C=O) groups excluding carboxylic acids is 2. The average molecular weight is 471 g/mol. The normalized spacial score (nSPS) is 17.7. The van der Waals surface area contributed by atoms with Crippen molar-refractivity contribution in [2.75, 3.05) is 40.0 Å². The zero-order chi connectivity index (χ0) is 23.4. The SMILES string of the molecule is COCC(=O)N(CC(=O)N1CCc2sccc2[C@H]1COc1ccc(C(C)C)cc1)CC1CC1. The second kappa shape index (κ2) is 10.7. The number of rotatable bonds is 10. The summed E-state index contributed by atoms with van der Waals surface area (Å²) in [4.78, 5) is 30.9. The van der Waals surface area contributed by atoms with E-state index >= 15 is 0 Å². The van der Waals surface area contributed by atoms with Gasteiger partial charge in [0.05, 0.1) is 12.6 Å². The molecule has 0 bridgehead atoms. The fourth-order valence-corrected chi connectivity index (χ4v) is 5.26. The van der Waals surface area contributed by atoms with E-state index in [1.165, 1.54) is 17.6 Å². The van der Waals surface area contributed by atoms with Gasteiger partial charge in [-0.1, -0.05) is 26.0 Å². The topological polar surface area (TPSA) is 59.1 Å². The average Bonchev–Trinajstić information content (AvgIpc) is 3.49. The standard InChI is InChI=1S/C26H34N2O4S/c1-18(2)20-6-8-21(9-7-20)32-16-23-22-11-13-33-24(22)10-12-28(23)25(29)15-27(14-19-4-5-19)26(30)17-31-3/h6-9,11,13,18-19,23H,4-5,10,12,14-17H2,1-3H3/t23-/m1/s1. The van der Waals surface area contributed by atoms with Gasteiger partial charge in [-0.3, -0.25) is 9.59 Å². The minimum atomic E-state index is -0.155. The van der Waals surface area contributed by atoms with Gasteiger partial charge in [0.2, 0.25) is 11.8 Å². The van der Waals surface area contributed by atoms with E-state index in [1.807, 2.05) is 17.0 Å². The molecule has 1 saturated carbocycles. The van der Waals surface area contributed by atoms with Crippen LogP contribution in [0, 0.1) is 5.92 Å². The van der Waals surface area contributed by atoms with Gasteiger partial charge >= 0.3 is 0 Å². The highest BCUT2D eigenvalue weighted by Crippen LogP contribution is 2.34. The van der Waals surface area contributed by atoms with E-state index in [1.54, 1.807) is 16.2 Å². The molecular formula is C26H34N2O4S. The van der Waals surface area contributed by atoms with Crippen LogP contribution < -0.4 is 4.74 Å². The van der Waals surface area contributed by atoms with Crippen LogP contribution in [-0.4, -0.2) is 61.6 Å². The quantitative estimate of drug-likeness (QED) is 0.521. The minimum Gasteiger partial charge on any atom is -0.491 e. The number of thiophene rings is 1. The highest BCUT2D eigenvalue weighted by atomic mass is 32.1. The van der Waals surface area contributed by atoms with E-state index in [-0.39, 0.29) is 31.0 Å². The molecule has 0 N–H and O–H groups in total. The summed E-state index contributed by atoms with van der Waals surface area (Å²) in [6, 6.07) is 10.1. The lowest BCUT2D eigenvalue weighted by Gasteiger charge is -2.37. The van der Waals surface area contributed by atoms with E-state index in [9.17, 15) is 9.59 Å². The van der Waals surface area contributed by atoms with E-state index in [2.05, 4.69) is 37.4 Å². The van der Waals surface area contributed by atoms with Gasteiger partial charge in [0.25, 0.3) is 0 Å². The van der Waals surface area contributed by atoms with Crippen molar-refractivity contribution < 1.29 is 19.1 Å². The lowest BCUT2D eigenvalue weighted by Crippen LogP contribution is -2.48. The second-order valence-corrected chi connectivity index (χ2v) is 10.3. The summed E-state index contributed by atoms with van der Waals surface area (Å²) in [5, 5.41) is 2.09. The van der Waals surface area contributed by atoms with Crippen molar-refractivity contribution in [3.8, 4) is 5.75 Å². The Labute approximate surface area is 200 Å². The zero-order valence-corrected chi connectivity index (χ0v) is 20.6. The summed E-state index contributed by atoms with van der Waals surface area (Å²) in [5.74, 6) is 1.64. The first-order chi connectivity index (χ1) is 16.0. The molecule has 0 radical (unpaired) electrons. The van der Waals surface area contributed by atoms with Gasteiger partial charge in [-0.15, -0.1) is 11.3 Å². The maximum Gasteiger partial charge on any atom is 0.249 e. The highest BCUT2D eigenvalue weighted by Gasteiger charge is 2.35. The maximum atomic E-state index is 13.4. The van der Waals surface area contributed by atoms with Gasteiger partial charge in [0, 0.05) is 25.1 Å². The van der Waals surface area contributed by atoms with Crippen LogP contribution in [0.4, 0.5) is 0 Å². The predicted octanol–water partition coefficient (Wildman–Crippen LogP) is 4.26. The molecule has 4 rings (SSSR count). The molecule has 33 heavy (non-hydrogen) atoms. The van der Waals surface area contributed by atoms with Crippen LogP contribution in [0.3, 0.4) is 0 Å². The molecule has 2 amide bonds. The van der Waals surface area contributed by atoms with Crippen molar-refractivity contribution >= 4 is 23.2 Å². The fourth-order valence-electron chi connectivity index (χ4n) is 4.33. The summed E-state index contributed by atoms with van der Waals surface area (Å²) in [7, 11) is 1.51. The monoisotopic (exact) mass is 470 g/mol. The highest BCUT2D eigenvalue weighted by molar-refractivity contribution is 7.10. The molecule has 1 aromatic heterocycles. The third-order valence-corrected chi connectivity index (χ3v) is 7.49. The second-order valence-electron chi connectivity index (χ2n) is 9.34. The van der Waals surface area contributed by atoms with Gasteiger partial charge < -0.3 is 19.3 Å². The zero-order valence-electron chi connectivity index (χ0n) is 19.8. The number of nitrogens with zero attached hydrogens (tertiary/aromatic N) is 2. The van der Waals surface area contributed by atoms with Crippen LogP contribution in [0.1, 0.15) is 54.7 Å². The van der Waals surface area contributed by atoms with Crippen molar-refractivity contribution in [2.24, 2.45) is 5.92 Å². The molecule has 1 fully saturated rings. The fraction of sp³-hybridized carbons (Fsp3) is 0.538. The lowest BCUT2D eigenvalue weighted by molar-refractivity contribution is -0.144. The Kier molecular flexibility index (Phi) is 7.71. The van der Waals surface area contributed by atoms with E-state index in [0.717, 1.165) is 30.6 Å². The Hall–Kier alpha value is -2.38. The first kappa shape index (κ1) is 23.8. The molecule has 178 valence electrons. The van der Waals surface area contributed by atoms with Crippen molar-refractivity contribution in [1.82, 2.24) is 9.80 Å². The first-order valence-corrected chi connectivity index (χ1v) is 12.7. The van der Waals surface area contributed by atoms with E-state index < -0.39 is 0 Å². The number of ether oxygens (including phenoxy) is 2. The molecule has 2 heterocycles. The summed E-state index contributed by atoms with van der Waals surface area (Å²) in [6.45, 7) is 6.11. The number of benzene rings is 1. The number of fused-ring (bicyclic) bond motifs is 1. The van der Waals surface area contributed by atoms with Gasteiger partial charge in [0.1, 0.15) is 19.0 Å². The summed E-state index contributed by atoms with van der Waals surface area (Å²) < 4.78 is 11.2. The Morgan fingerprint density at radius 1 is 1.18 bits per heavy atom. The van der Waals surface area contributed by atoms with Crippen molar-refractivity contribution in [3.05, 3.63) is 51.7 Å². The Bertz CT molecular complexity index is 951. The third kappa shape index (κ3) is 5.95. The third-order valence-electron chi connectivity index (χ3n) is 6.49. The molecule has 2 aliphatic rings. The molecule has 1 aliphatic heterocycles. The molecule has 0 saturated heterocycles. The van der Waals surface area contributed by atoms with Crippen molar-refractivity contribution in [3.63, 3.8) is 0 Å². The van der Waals surface area contributed by atoms with E-state index in [4.69, 9.17) is 9.47 Å². The van der Waals surface area contributed by atoms with Crippen LogP contribution in [0.2, 0.25) is 0 Å². The van der Waals surface area contributed by atoms with Crippen molar-refractivity contribution in [1.29, 1.82) is 0 Å². The molecule has 1 atom stereocenters. The molecule has 1 aromatic carbocycles. The van der Waals surface area contributed by atoms with Crippen molar-refractivity contribution in [2.45, 2.75) is 45.1 Å². The minimum absolute atomic E-state index is 0.00753. The van der Waals surface area contributed by atoms with Gasteiger partial charge in [-0.25, -0.2) is 0 Å². The largest absolute Gasteiger partial charge is 0.491 e. The molecule has 2 aromatic rings. The summed E-state index contributed by atoms with van der Waals surface area (Å²) in [6.07, 6.45) is 3.09. The van der Waals surface area contributed by atoms with Gasteiger partial charge in [-0.2, -0.15) is 0 Å². The van der Waals surface area contributed by atoms with Crippen LogP contribution >= 0.6 is 11.3 Å². The number of methoxy groups -OCH3 is 1. The predicted molar refractivity (Wildman–Crippen MR) is 130 cm³/mol. The van der Waals surface area contributed by atoms with Gasteiger partial charge in [-0.05, 0) is 65.8 Å². The smallest absolute Gasteiger partial charge is 0.249 e. The Morgan fingerprint density at radius 2 is 1.94 bits per heavy atom. The molecule has 1 aliphatic carbocycles. The molecule has 6 nitrogen and oxygen atoms in total. The number of carbonyl (C=O) groups is 2. The lowest BCUT2D eigenvalue weighted by atomic mass is 10.00. The first-order valence-electron chi connectivity index (χ1n) is 11.8. The van der Waals surface area contributed by atoms with Crippen LogP contribution in [0.5, 0.6) is 5.75 Å². The summed E-state index contributed by atoms with van der Waals surface area (Å²) in [5.41, 5.74) is 2.43. The van der Waals surface area contributed by atoms with Gasteiger partial charge in [0.15, 0.2) is 0 Å². The molecule has 0 unspecified atom stereocenters. The van der Waals surface area contributed by atoms with Crippen LogP contribution in [-0.2, 0) is 20.7 Å². The number of hydrogen-bond donors (Lipinski definition) is 0. The number of hydrogen-bond acceptors (Lipinski definition) is 5. The maximum absolute atomic E-state index is 13.4. The number of amides is 2. The van der Waals surface area contributed by atoms with Crippen LogP contribution in [0.15, 0.2) is 35.7 Å². The van der Waals surface area contributed by atoms with E-state index in [0.29, 0.717) is 31.5 Å². The Morgan fingerprint density at radius 3 is 2.61 bits per heavy atom. The Balaban J connectivity index is 1.46. The summed E-state index contributed by atoms with van der Waals surface area (Å²) >= 11 is 1.74. The molecule has 7 heteroatoms. The molecule has 0 spiro atoms.